The molecule has 8 heteroatoms. The number of fused-ring (bicyclic) bond motifs is 1. The van der Waals surface area contributed by atoms with Gasteiger partial charge in [-0.25, -0.2) is 9.97 Å². The molecule has 27 heavy (non-hydrogen) atoms. The number of hydrogen-bond donors (Lipinski definition) is 2. The lowest BCUT2D eigenvalue weighted by molar-refractivity contribution is 0.210. The smallest absolute Gasteiger partial charge is 0.260 e. The van der Waals surface area contributed by atoms with E-state index in [1.807, 2.05) is 35.0 Å². The summed E-state index contributed by atoms with van der Waals surface area (Å²) < 4.78 is 6.88. The van der Waals surface area contributed by atoms with Crippen molar-refractivity contribution in [3.8, 4) is 16.8 Å². The Morgan fingerprint density at radius 1 is 1.22 bits per heavy atom. The van der Waals surface area contributed by atoms with Gasteiger partial charge in [0.25, 0.3) is 5.56 Å². The lowest BCUT2D eigenvalue weighted by atomic mass is 10.1. The molecule has 0 radical (unpaired) electrons. The predicted octanol–water partition coefficient (Wildman–Crippen LogP) is 2.23. The van der Waals surface area contributed by atoms with Crippen molar-refractivity contribution in [2.24, 2.45) is 0 Å². The summed E-state index contributed by atoms with van der Waals surface area (Å²) in [4.78, 5) is 28.1. The number of rotatable bonds is 6. The van der Waals surface area contributed by atoms with Gasteiger partial charge in [0.1, 0.15) is 5.82 Å². The van der Waals surface area contributed by atoms with Crippen molar-refractivity contribution in [1.29, 1.82) is 0 Å². The van der Waals surface area contributed by atoms with Crippen LogP contribution in [-0.4, -0.2) is 44.8 Å². The summed E-state index contributed by atoms with van der Waals surface area (Å²) in [6.07, 6.45) is 8.47. The van der Waals surface area contributed by atoms with E-state index >= 15 is 0 Å². The minimum atomic E-state index is -0.195. The van der Waals surface area contributed by atoms with Crippen LogP contribution in [0.15, 0.2) is 60.2 Å². The Bertz CT molecular complexity index is 1100. The highest BCUT2D eigenvalue weighted by Crippen LogP contribution is 2.29. The second kappa shape index (κ2) is 7.38. The SMILES string of the molecule is COCCNc1ccc(-c2cn(-c3cccnc3)c3nc[nH]c(=O)c23)cn1. The van der Waals surface area contributed by atoms with Gasteiger partial charge in [0, 0.05) is 43.4 Å². The van der Waals surface area contributed by atoms with Gasteiger partial charge in [-0.05, 0) is 24.3 Å². The number of nitrogens with zero attached hydrogens (tertiary/aromatic N) is 4. The van der Waals surface area contributed by atoms with Crippen LogP contribution in [-0.2, 0) is 4.74 Å². The number of H-pyrrole nitrogens is 1. The van der Waals surface area contributed by atoms with E-state index in [1.165, 1.54) is 6.33 Å². The van der Waals surface area contributed by atoms with Crippen LogP contribution in [0.5, 0.6) is 0 Å². The molecule has 0 aromatic carbocycles. The zero-order chi connectivity index (χ0) is 18.6. The van der Waals surface area contributed by atoms with Crippen molar-refractivity contribution < 1.29 is 4.74 Å². The van der Waals surface area contributed by atoms with Gasteiger partial charge in [-0.1, -0.05) is 0 Å². The maximum atomic E-state index is 12.5. The Morgan fingerprint density at radius 2 is 2.15 bits per heavy atom. The number of hydrogen-bond acceptors (Lipinski definition) is 6. The predicted molar refractivity (Wildman–Crippen MR) is 103 cm³/mol. The monoisotopic (exact) mass is 362 g/mol. The van der Waals surface area contributed by atoms with E-state index in [-0.39, 0.29) is 5.56 Å². The quantitative estimate of drug-likeness (QED) is 0.511. The van der Waals surface area contributed by atoms with E-state index in [0.717, 1.165) is 22.6 Å². The van der Waals surface area contributed by atoms with Gasteiger partial charge in [-0.3, -0.25) is 14.3 Å². The molecule has 4 rings (SSSR count). The fourth-order valence-electron chi connectivity index (χ4n) is 2.92. The molecule has 0 atom stereocenters. The zero-order valence-electron chi connectivity index (χ0n) is 14.7. The standard InChI is InChI=1S/C19H18N6O2/c1-27-8-7-21-16-5-4-13(9-22-16)15-11-25(14-3-2-6-20-10-14)18-17(15)19(26)24-12-23-18/h2-6,9-12H,7-8H2,1H3,(H,21,22)(H,23,24,26). The number of nitrogens with one attached hydrogen (secondary N) is 2. The third kappa shape index (κ3) is 3.30. The van der Waals surface area contributed by atoms with Crippen molar-refractivity contribution in [2.45, 2.75) is 0 Å². The first kappa shape index (κ1) is 16.9. The highest BCUT2D eigenvalue weighted by atomic mass is 16.5. The molecule has 0 unspecified atom stereocenters. The van der Waals surface area contributed by atoms with Crippen LogP contribution in [0.3, 0.4) is 0 Å². The number of aromatic amines is 1. The molecule has 0 aliphatic carbocycles. The molecule has 8 nitrogen and oxygen atoms in total. The highest BCUT2D eigenvalue weighted by molar-refractivity contribution is 5.94. The molecule has 4 aromatic rings. The summed E-state index contributed by atoms with van der Waals surface area (Å²) in [5, 5.41) is 3.69. The molecular weight excluding hydrogens is 344 g/mol. The Balaban J connectivity index is 1.79. The van der Waals surface area contributed by atoms with Crippen LogP contribution in [0, 0.1) is 0 Å². The van der Waals surface area contributed by atoms with Crippen molar-refractivity contribution in [3.05, 3.63) is 65.7 Å². The third-order valence-electron chi connectivity index (χ3n) is 4.20. The molecule has 4 aromatic heterocycles. The average molecular weight is 362 g/mol. The van der Waals surface area contributed by atoms with Crippen LogP contribution in [0.2, 0.25) is 0 Å². The minimum Gasteiger partial charge on any atom is -0.383 e. The van der Waals surface area contributed by atoms with Gasteiger partial charge >= 0.3 is 0 Å². The van der Waals surface area contributed by atoms with E-state index in [1.54, 1.807) is 25.7 Å². The largest absolute Gasteiger partial charge is 0.383 e. The Labute approximate surface area is 154 Å². The Morgan fingerprint density at radius 3 is 2.89 bits per heavy atom. The van der Waals surface area contributed by atoms with Gasteiger partial charge in [0.05, 0.1) is 30.2 Å². The minimum absolute atomic E-state index is 0.195. The zero-order valence-corrected chi connectivity index (χ0v) is 14.7. The van der Waals surface area contributed by atoms with Crippen molar-refractivity contribution in [1.82, 2.24) is 24.5 Å². The Hall–Kier alpha value is -3.52. The summed E-state index contributed by atoms with van der Waals surface area (Å²) in [6.45, 7) is 1.27. The molecule has 4 heterocycles. The maximum Gasteiger partial charge on any atom is 0.260 e. The van der Waals surface area contributed by atoms with Crippen molar-refractivity contribution in [3.63, 3.8) is 0 Å². The first-order chi connectivity index (χ1) is 13.3. The molecule has 0 saturated heterocycles. The number of pyridine rings is 2. The molecule has 0 saturated carbocycles. The summed E-state index contributed by atoms with van der Waals surface area (Å²) in [5.41, 5.74) is 2.80. The Kier molecular flexibility index (Phi) is 4.63. The van der Waals surface area contributed by atoms with E-state index in [9.17, 15) is 4.79 Å². The van der Waals surface area contributed by atoms with E-state index in [2.05, 4.69) is 25.3 Å². The third-order valence-corrected chi connectivity index (χ3v) is 4.20. The van der Waals surface area contributed by atoms with Crippen molar-refractivity contribution >= 4 is 16.9 Å². The molecule has 0 aliphatic heterocycles. The number of anilines is 1. The number of ether oxygens (including phenoxy) is 1. The summed E-state index contributed by atoms with van der Waals surface area (Å²) >= 11 is 0. The lowest BCUT2D eigenvalue weighted by Gasteiger charge is -2.05. The maximum absolute atomic E-state index is 12.5. The van der Waals surface area contributed by atoms with Gasteiger partial charge in [-0.15, -0.1) is 0 Å². The second-order valence-corrected chi connectivity index (χ2v) is 5.91. The second-order valence-electron chi connectivity index (χ2n) is 5.91. The normalized spacial score (nSPS) is 11.0. The van der Waals surface area contributed by atoms with Crippen LogP contribution < -0.4 is 10.9 Å². The van der Waals surface area contributed by atoms with Crippen LogP contribution in [0.25, 0.3) is 27.8 Å². The molecule has 0 amide bonds. The van der Waals surface area contributed by atoms with Gasteiger partial charge < -0.3 is 15.0 Å². The fraction of sp³-hybridized carbons (Fsp3) is 0.158. The fourth-order valence-corrected chi connectivity index (χ4v) is 2.92. The molecule has 136 valence electrons. The molecule has 0 aliphatic rings. The number of methoxy groups -OCH3 is 1. The first-order valence-corrected chi connectivity index (χ1v) is 8.46. The molecule has 0 spiro atoms. The summed E-state index contributed by atoms with van der Waals surface area (Å²) in [7, 11) is 1.65. The highest BCUT2D eigenvalue weighted by Gasteiger charge is 2.16. The van der Waals surface area contributed by atoms with Crippen molar-refractivity contribution in [2.75, 3.05) is 25.6 Å². The molecule has 2 N–H and O–H groups in total. The van der Waals surface area contributed by atoms with Gasteiger partial charge in [0.2, 0.25) is 0 Å². The first-order valence-electron chi connectivity index (χ1n) is 8.46. The molecule has 0 fully saturated rings. The topological polar surface area (TPSA) is 97.7 Å². The molecule has 0 bridgehead atoms. The van der Waals surface area contributed by atoms with Crippen LogP contribution in [0.1, 0.15) is 0 Å². The van der Waals surface area contributed by atoms with Crippen LogP contribution >= 0.6 is 0 Å². The lowest BCUT2D eigenvalue weighted by Crippen LogP contribution is -2.08. The van der Waals surface area contributed by atoms with E-state index < -0.39 is 0 Å². The summed E-state index contributed by atoms with van der Waals surface area (Å²) in [6, 6.07) is 7.57. The molecular formula is C19H18N6O2. The van der Waals surface area contributed by atoms with Crippen LogP contribution in [0.4, 0.5) is 5.82 Å². The van der Waals surface area contributed by atoms with Gasteiger partial charge in [-0.2, -0.15) is 0 Å². The van der Waals surface area contributed by atoms with Gasteiger partial charge in [0.15, 0.2) is 5.65 Å². The average Bonchev–Trinajstić information content (AvgIpc) is 3.10. The van der Waals surface area contributed by atoms with E-state index in [4.69, 9.17) is 4.74 Å². The van der Waals surface area contributed by atoms with E-state index in [0.29, 0.717) is 24.2 Å². The number of aromatic nitrogens is 5. The summed E-state index contributed by atoms with van der Waals surface area (Å²) in [5.74, 6) is 0.749.